The molecule has 0 bridgehead atoms. The van der Waals surface area contributed by atoms with Gasteiger partial charge >= 0.3 is 5.97 Å². The second-order valence-electron chi connectivity index (χ2n) is 13.2. The molecule has 11 nitrogen and oxygen atoms in total. The first-order valence-electron chi connectivity index (χ1n) is 16.7. The first kappa shape index (κ1) is 37.4. The number of rotatable bonds is 19. The Labute approximate surface area is 273 Å². The fourth-order valence-electron chi connectivity index (χ4n) is 5.60. The molecule has 4 N–H and O–H groups in total. The number of allylic oxidation sites excluding steroid dienone is 2. The topological polar surface area (TPSA) is 146 Å². The maximum absolute atomic E-state index is 12.8. The zero-order chi connectivity index (χ0) is 32.7. The number of carbonyl (C=O) groups excluding carboxylic acids is 1. The molecule has 6 atom stereocenters. The first-order valence-corrected chi connectivity index (χ1v) is 17.4. The quantitative estimate of drug-likeness (QED) is 0.0976. The second kappa shape index (κ2) is 19.5. The van der Waals surface area contributed by atoms with Crippen molar-refractivity contribution in [3.8, 4) is 5.88 Å². The minimum Gasteiger partial charge on any atom is -0.470 e. The van der Waals surface area contributed by atoms with Gasteiger partial charge in [0.25, 0.3) is 5.88 Å². The van der Waals surface area contributed by atoms with E-state index >= 15 is 0 Å². The molecule has 2 fully saturated rings. The number of hydrogen-bond donors (Lipinski definition) is 4. The van der Waals surface area contributed by atoms with Crippen molar-refractivity contribution in [1.29, 1.82) is 0 Å². The van der Waals surface area contributed by atoms with Crippen LogP contribution in [0.2, 0.25) is 0 Å². The molecule has 2 aliphatic rings. The summed E-state index contributed by atoms with van der Waals surface area (Å²) >= 11 is 1.10. The summed E-state index contributed by atoms with van der Waals surface area (Å²) in [5.41, 5.74) is -0.150. The molecule has 1 saturated heterocycles. The van der Waals surface area contributed by atoms with E-state index in [1.807, 2.05) is 18.2 Å². The molecule has 45 heavy (non-hydrogen) atoms. The second-order valence-corrected chi connectivity index (χ2v) is 13.7. The van der Waals surface area contributed by atoms with Crippen LogP contribution in [0.15, 0.2) is 24.3 Å². The Bertz CT molecular complexity index is 1040. The van der Waals surface area contributed by atoms with Gasteiger partial charge in [-0.25, -0.2) is 0 Å². The van der Waals surface area contributed by atoms with Gasteiger partial charge < -0.3 is 39.7 Å². The summed E-state index contributed by atoms with van der Waals surface area (Å²) in [5, 5.41) is 34.6. The van der Waals surface area contributed by atoms with Crippen LogP contribution >= 0.6 is 11.7 Å². The highest BCUT2D eigenvalue weighted by Crippen LogP contribution is 2.36. The zero-order valence-electron chi connectivity index (χ0n) is 27.6. The van der Waals surface area contributed by atoms with Crippen LogP contribution in [-0.4, -0.2) is 99.4 Å². The molecule has 1 saturated carbocycles. The van der Waals surface area contributed by atoms with E-state index in [0.717, 1.165) is 44.1 Å². The maximum Gasteiger partial charge on any atom is 0.306 e. The van der Waals surface area contributed by atoms with E-state index in [2.05, 4.69) is 46.7 Å². The molecule has 1 aliphatic carbocycles. The van der Waals surface area contributed by atoms with Crippen LogP contribution in [0.3, 0.4) is 0 Å². The molecule has 1 aromatic rings. The third-order valence-electron chi connectivity index (χ3n) is 8.22. The summed E-state index contributed by atoms with van der Waals surface area (Å²) in [6.45, 7) is 11.6. The van der Waals surface area contributed by atoms with Crippen molar-refractivity contribution in [2.24, 2.45) is 11.8 Å². The molecule has 12 heteroatoms. The van der Waals surface area contributed by atoms with Gasteiger partial charge in [0, 0.05) is 43.9 Å². The lowest BCUT2D eigenvalue weighted by Gasteiger charge is -2.27. The van der Waals surface area contributed by atoms with Crippen LogP contribution in [0.1, 0.15) is 85.5 Å². The lowest BCUT2D eigenvalue weighted by molar-refractivity contribution is -0.150. The zero-order valence-corrected chi connectivity index (χ0v) is 28.4. The number of unbranched alkanes of at least 4 members (excludes halogenated alkanes) is 3. The molecule has 0 radical (unpaired) electrons. The number of carbonyl (C=O) groups is 1. The van der Waals surface area contributed by atoms with Crippen molar-refractivity contribution >= 4 is 23.5 Å². The number of anilines is 1. The Morgan fingerprint density at radius 3 is 2.67 bits per heavy atom. The lowest BCUT2D eigenvalue weighted by Crippen LogP contribution is -2.44. The van der Waals surface area contributed by atoms with E-state index in [1.54, 1.807) is 6.08 Å². The smallest absolute Gasteiger partial charge is 0.306 e. The number of nitrogens with zero attached hydrogens (tertiary/aromatic N) is 3. The Kier molecular flexibility index (Phi) is 16.2. The van der Waals surface area contributed by atoms with Gasteiger partial charge in [-0.2, -0.15) is 4.37 Å². The van der Waals surface area contributed by atoms with Gasteiger partial charge in [0.05, 0.1) is 43.3 Å². The van der Waals surface area contributed by atoms with E-state index in [4.69, 9.17) is 14.2 Å². The average Bonchev–Trinajstić information content (AvgIpc) is 3.58. The number of aliphatic hydroxyl groups excluding tert-OH is 3. The molecule has 0 spiro atoms. The number of nitrogens with one attached hydrogen (secondary N) is 1. The van der Waals surface area contributed by atoms with Crippen molar-refractivity contribution in [1.82, 2.24) is 14.1 Å². The summed E-state index contributed by atoms with van der Waals surface area (Å²) in [5.74, 6) is 0.574. The van der Waals surface area contributed by atoms with Crippen LogP contribution in [0.25, 0.3) is 0 Å². The van der Waals surface area contributed by atoms with Crippen molar-refractivity contribution in [2.45, 2.75) is 115 Å². The van der Waals surface area contributed by atoms with E-state index < -0.39 is 24.4 Å². The molecular weight excluding hydrogens is 596 g/mol. The third-order valence-corrected chi connectivity index (χ3v) is 8.72. The lowest BCUT2D eigenvalue weighted by atomic mass is 9.89. The van der Waals surface area contributed by atoms with Crippen molar-refractivity contribution in [3.05, 3.63) is 24.3 Å². The van der Waals surface area contributed by atoms with E-state index in [-0.39, 0.29) is 36.4 Å². The number of esters is 1. The van der Waals surface area contributed by atoms with Crippen LogP contribution in [0.5, 0.6) is 5.88 Å². The molecule has 1 aromatic heterocycles. The Morgan fingerprint density at radius 1 is 1.16 bits per heavy atom. The summed E-state index contributed by atoms with van der Waals surface area (Å²) in [6.07, 6.45) is 11.9. The minimum absolute atomic E-state index is 0.104. The van der Waals surface area contributed by atoms with Crippen LogP contribution < -0.4 is 15.0 Å². The monoisotopic (exact) mass is 652 g/mol. The first-order chi connectivity index (χ1) is 21.6. The predicted octanol–water partition coefficient (Wildman–Crippen LogP) is 4.03. The summed E-state index contributed by atoms with van der Waals surface area (Å²) in [7, 11) is 0. The molecule has 1 aliphatic heterocycles. The normalized spacial score (nSPS) is 24.0. The van der Waals surface area contributed by atoms with E-state index in [1.165, 1.54) is 0 Å². The van der Waals surface area contributed by atoms with Crippen molar-refractivity contribution in [2.75, 3.05) is 44.4 Å². The standard InChI is InChI=1S/C33H56N4O7S/c1-5-6-9-12-24(38)15-16-27-26(28(39)21-29(27)40)13-10-7-8-11-14-30(41)44-25(22-34-33(2,3)4)23-43-32-31(35-45-36-32)37-17-19-42-20-18-37/h7,10,15-16,24-29,34,38-40H,5-6,8-9,11-14,17-23H2,1-4H3/t24-,25?,26+,27?,28-,29+/m0/s1. The molecule has 0 amide bonds. The largest absolute Gasteiger partial charge is 0.470 e. The summed E-state index contributed by atoms with van der Waals surface area (Å²) < 4.78 is 26.0. The highest BCUT2D eigenvalue weighted by atomic mass is 32.1. The van der Waals surface area contributed by atoms with Gasteiger partial charge in [-0.1, -0.05) is 50.5 Å². The SMILES string of the molecule is CCCCC[C@H](O)C=CC1[C@H](O)C[C@H](O)[C@@H]1CC=CCCCC(=O)OC(CNC(C)(C)C)COc1nsnc1N1CCOCC1. The van der Waals surface area contributed by atoms with Crippen LogP contribution in [-0.2, 0) is 14.3 Å². The Morgan fingerprint density at radius 2 is 1.93 bits per heavy atom. The third kappa shape index (κ3) is 13.7. The highest BCUT2D eigenvalue weighted by molar-refractivity contribution is 6.99. The number of morpholine rings is 1. The number of aliphatic hydroxyl groups is 3. The van der Waals surface area contributed by atoms with Crippen molar-refractivity contribution < 1.29 is 34.3 Å². The summed E-state index contributed by atoms with van der Waals surface area (Å²) in [4.78, 5) is 14.9. The van der Waals surface area contributed by atoms with Gasteiger partial charge in [-0.15, -0.1) is 4.37 Å². The molecule has 3 rings (SSSR count). The predicted molar refractivity (Wildman–Crippen MR) is 177 cm³/mol. The summed E-state index contributed by atoms with van der Waals surface area (Å²) in [6, 6.07) is 0. The average molecular weight is 653 g/mol. The van der Waals surface area contributed by atoms with Gasteiger partial charge in [0.2, 0.25) is 5.82 Å². The Hall–Kier alpha value is -2.09. The van der Waals surface area contributed by atoms with Gasteiger partial charge in [0.1, 0.15) is 12.7 Å². The highest BCUT2D eigenvalue weighted by Gasteiger charge is 2.39. The number of ether oxygens (including phenoxy) is 3. The van der Waals surface area contributed by atoms with Gasteiger partial charge in [-0.05, 0) is 52.4 Å². The Balaban J connectivity index is 1.43. The maximum atomic E-state index is 12.8. The molecule has 2 heterocycles. The fourth-order valence-corrected chi connectivity index (χ4v) is 6.12. The molecule has 256 valence electrons. The minimum atomic E-state index is -0.616. The van der Waals surface area contributed by atoms with Crippen LogP contribution in [0.4, 0.5) is 5.82 Å². The van der Waals surface area contributed by atoms with E-state index in [9.17, 15) is 20.1 Å². The number of aromatic nitrogens is 2. The number of hydrogen-bond acceptors (Lipinski definition) is 12. The van der Waals surface area contributed by atoms with Gasteiger partial charge in [-0.3, -0.25) is 4.79 Å². The van der Waals surface area contributed by atoms with Crippen molar-refractivity contribution in [3.63, 3.8) is 0 Å². The molecule has 2 unspecified atom stereocenters. The fraction of sp³-hybridized carbons (Fsp3) is 0.788. The molecular formula is C33H56N4O7S. The van der Waals surface area contributed by atoms with E-state index in [0.29, 0.717) is 63.6 Å². The van der Waals surface area contributed by atoms with Gasteiger partial charge in [0.15, 0.2) is 0 Å². The molecule has 0 aromatic carbocycles. The van der Waals surface area contributed by atoms with Crippen LogP contribution in [0, 0.1) is 11.8 Å².